The van der Waals surface area contributed by atoms with E-state index in [0.29, 0.717) is 6.54 Å². The van der Waals surface area contributed by atoms with Gasteiger partial charge in [-0.05, 0) is 42.7 Å². The first-order valence-corrected chi connectivity index (χ1v) is 11.5. The molecule has 4 aromatic rings. The van der Waals surface area contributed by atoms with Crippen LogP contribution in [0.25, 0.3) is 21.8 Å². The lowest BCUT2D eigenvalue weighted by Crippen LogP contribution is -2.23. The molecule has 0 aliphatic carbocycles. The van der Waals surface area contributed by atoms with Gasteiger partial charge in [-0.2, -0.15) is 0 Å². The van der Waals surface area contributed by atoms with Gasteiger partial charge in [0, 0.05) is 23.0 Å². The van der Waals surface area contributed by atoms with Crippen LogP contribution in [0.3, 0.4) is 0 Å². The number of rotatable bonds is 7. The van der Waals surface area contributed by atoms with E-state index >= 15 is 0 Å². The molecule has 0 spiro atoms. The minimum Gasteiger partial charge on any atom is -0.354 e. The second-order valence-corrected chi connectivity index (χ2v) is 8.95. The van der Waals surface area contributed by atoms with Crippen molar-refractivity contribution in [3.8, 4) is 0 Å². The summed E-state index contributed by atoms with van der Waals surface area (Å²) < 4.78 is 24.8. The van der Waals surface area contributed by atoms with Crippen molar-refractivity contribution in [1.29, 1.82) is 0 Å². The van der Waals surface area contributed by atoms with Crippen LogP contribution in [0.5, 0.6) is 0 Å². The Bertz CT molecular complexity index is 1200. The fourth-order valence-electron chi connectivity index (χ4n) is 3.42. The van der Waals surface area contributed by atoms with E-state index in [1.54, 1.807) is 0 Å². The van der Waals surface area contributed by atoms with Gasteiger partial charge < -0.3 is 5.32 Å². The number of hydrogen-bond donors (Lipinski definition) is 2. The molecule has 0 aliphatic rings. The van der Waals surface area contributed by atoms with Crippen LogP contribution in [0.1, 0.15) is 12.0 Å². The average Bonchev–Trinajstić information content (AvgIpc) is 2.71. The smallest absolute Gasteiger partial charge is 0.208 e. The lowest BCUT2D eigenvalue weighted by atomic mass is 10.1. The number of aryl methyl sites for hydroxylation is 1. The van der Waals surface area contributed by atoms with Crippen LogP contribution in [0.15, 0.2) is 72.8 Å². The Morgan fingerprint density at radius 1 is 0.828 bits per heavy atom. The first-order chi connectivity index (χ1) is 14.0. The van der Waals surface area contributed by atoms with Crippen LogP contribution in [-0.4, -0.2) is 26.2 Å². The summed E-state index contributed by atoms with van der Waals surface area (Å²) in [6.07, 6.45) is 2.77. The Balaban J connectivity index is 1.55. The van der Waals surface area contributed by atoms with Crippen molar-refractivity contribution in [1.82, 2.24) is 9.71 Å². The van der Waals surface area contributed by atoms with Crippen LogP contribution in [0.4, 0.5) is 11.4 Å². The highest BCUT2D eigenvalue weighted by molar-refractivity contribution is 7.88. The standard InChI is InChI=1S/C23H23N3O2S/c1-29(27,28)24-16-6-7-17-12-14-18(15-13-17)25-23-19-8-2-4-10-21(19)26-22-11-5-3-9-20(22)23/h2-5,8-15,24H,6-7,16H2,1H3,(H,25,26). The number of anilines is 2. The molecule has 148 valence electrons. The zero-order valence-corrected chi connectivity index (χ0v) is 17.0. The predicted octanol–water partition coefficient (Wildman–Crippen LogP) is 4.61. The number of hydrogen-bond acceptors (Lipinski definition) is 4. The fraction of sp³-hybridized carbons (Fsp3) is 0.174. The molecule has 29 heavy (non-hydrogen) atoms. The summed E-state index contributed by atoms with van der Waals surface area (Å²) in [6, 6.07) is 24.6. The number of nitrogens with zero attached hydrogens (tertiary/aromatic N) is 1. The van der Waals surface area contributed by atoms with Crippen LogP contribution >= 0.6 is 0 Å². The van der Waals surface area contributed by atoms with Gasteiger partial charge in [0.15, 0.2) is 0 Å². The maximum atomic E-state index is 11.1. The number of sulfonamides is 1. The minimum atomic E-state index is -3.12. The van der Waals surface area contributed by atoms with Crippen molar-refractivity contribution in [3.63, 3.8) is 0 Å². The van der Waals surface area contributed by atoms with Gasteiger partial charge in [-0.25, -0.2) is 18.1 Å². The van der Waals surface area contributed by atoms with Crippen LogP contribution < -0.4 is 10.0 Å². The third kappa shape index (κ3) is 4.72. The Hall–Kier alpha value is -2.96. The summed E-state index contributed by atoms with van der Waals surface area (Å²) in [5.74, 6) is 0. The highest BCUT2D eigenvalue weighted by Gasteiger charge is 2.09. The molecule has 0 aliphatic heterocycles. The van der Waals surface area contributed by atoms with Crippen molar-refractivity contribution in [3.05, 3.63) is 78.4 Å². The van der Waals surface area contributed by atoms with E-state index in [9.17, 15) is 8.42 Å². The van der Waals surface area contributed by atoms with Crippen molar-refractivity contribution in [2.75, 3.05) is 18.1 Å². The maximum Gasteiger partial charge on any atom is 0.208 e. The van der Waals surface area contributed by atoms with Crippen molar-refractivity contribution < 1.29 is 8.42 Å². The molecule has 0 fully saturated rings. The van der Waals surface area contributed by atoms with Crippen molar-refractivity contribution >= 4 is 43.2 Å². The van der Waals surface area contributed by atoms with Gasteiger partial charge in [0.25, 0.3) is 0 Å². The molecule has 0 amide bonds. The minimum absolute atomic E-state index is 0.452. The molecule has 2 N–H and O–H groups in total. The second kappa shape index (κ2) is 8.19. The van der Waals surface area contributed by atoms with Crippen molar-refractivity contribution in [2.45, 2.75) is 12.8 Å². The summed E-state index contributed by atoms with van der Waals surface area (Å²) in [4.78, 5) is 4.76. The largest absolute Gasteiger partial charge is 0.354 e. The van der Waals surface area contributed by atoms with E-state index < -0.39 is 10.0 Å². The highest BCUT2D eigenvalue weighted by atomic mass is 32.2. The van der Waals surface area contributed by atoms with Gasteiger partial charge in [0.1, 0.15) is 0 Å². The molecule has 0 bridgehead atoms. The molecule has 0 saturated carbocycles. The normalized spacial score (nSPS) is 11.8. The van der Waals surface area contributed by atoms with Crippen LogP contribution in [0, 0.1) is 0 Å². The van der Waals surface area contributed by atoms with E-state index in [0.717, 1.165) is 46.0 Å². The fourth-order valence-corrected chi connectivity index (χ4v) is 3.94. The van der Waals surface area contributed by atoms with E-state index in [4.69, 9.17) is 4.98 Å². The quantitative estimate of drug-likeness (QED) is 0.348. The van der Waals surface area contributed by atoms with E-state index in [-0.39, 0.29) is 0 Å². The average molecular weight is 406 g/mol. The Morgan fingerprint density at radius 3 is 2.00 bits per heavy atom. The molecule has 0 saturated heterocycles. The van der Waals surface area contributed by atoms with Crippen molar-refractivity contribution in [2.24, 2.45) is 0 Å². The van der Waals surface area contributed by atoms with Gasteiger partial charge in [0.05, 0.1) is 23.0 Å². The molecule has 1 aromatic heterocycles. The molecule has 4 rings (SSSR count). The first kappa shape index (κ1) is 19.4. The molecule has 0 radical (unpaired) electrons. The van der Waals surface area contributed by atoms with Crippen LogP contribution in [-0.2, 0) is 16.4 Å². The zero-order chi connectivity index (χ0) is 20.3. The zero-order valence-electron chi connectivity index (χ0n) is 16.2. The van der Waals surface area contributed by atoms with Crippen LogP contribution in [0.2, 0.25) is 0 Å². The molecule has 3 aromatic carbocycles. The highest BCUT2D eigenvalue weighted by Crippen LogP contribution is 2.33. The van der Waals surface area contributed by atoms with E-state index in [1.165, 1.54) is 11.8 Å². The monoisotopic (exact) mass is 405 g/mol. The Labute approximate surface area is 170 Å². The molecule has 5 nitrogen and oxygen atoms in total. The number of pyridine rings is 1. The lowest BCUT2D eigenvalue weighted by Gasteiger charge is -2.13. The summed E-state index contributed by atoms with van der Waals surface area (Å²) in [5, 5.41) is 5.74. The number of nitrogens with one attached hydrogen (secondary N) is 2. The lowest BCUT2D eigenvalue weighted by molar-refractivity contribution is 0.585. The van der Waals surface area contributed by atoms with Gasteiger partial charge in [-0.15, -0.1) is 0 Å². The molecule has 6 heteroatoms. The topological polar surface area (TPSA) is 71.1 Å². The van der Waals surface area contributed by atoms with Gasteiger partial charge in [-0.3, -0.25) is 0 Å². The first-order valence-electron chi connectivity index (χ1n) is 9.58. The maximum absolute atomic E-state index is 11.1. The molecular formula is C23H23N3O2S. The number of para-hydroxylation sites is 2. The molecule has 0 atom stereocenters. The summed E-state index contributed by atoms with van der Waals surface area (Å²) in [6.45, 7) is 0.452. The third-order valence-electron chi connectivity index (χ3n) is 4.82. The Morgan fingerprint density at radius 2 is 1.41 bits per heavy atom. The summed E-state index contributed by atoms with van der Waals surface area (Å²) >= 11 is 0. The van der Waals surface area contributed by atoms with Gasteiger partial charge >= 0.3 is 0 Å². The number of benzene rings is 3. The SMILES string of the molecule is CS(=O)(=O)NCCCc1ccc(Nc2c3ccccc3nc3ccccc23)cc1. The van der Waals surface area contributed by atoms with Gasteiger partial charge in [0.2, 0.25) is 10.0 Å². The van der Waals surface area contributed by atoms with E-state index in [1.807, 2.05) is 36.4 Å². The molecular weight excluding hydrogens is 382 g/mol. The van der Waals surface area contributed by atoms with Gasteiger partial charge in [-0.1, -0.05) is 48.5 Å². The summed E-state index contributed by atoms with van der Waals surface area (Å²) in [7, 11) is -3.12. The number of fused-ring (bicyclic) bond motifs is 2. The summed E-state index contributed by atoms with van der Waals surface area (Å²) in [5.41, 5.74) is 5.16. The predicted molar refractivity (Wildman–Crippen MR) is 120 cm³/mol. The molecule has 0 unspecified atom stereocenters. The second-order valence-electron chi connectivity index (χ2n) is 7.11. The number of aromatic nitrogens is 1. The Kier molecular flexibility index (Phi) is 5.47. The third-order valence-corrected chi connectivity index (χ3v) is 5.55. The van der Waals surface area contributed by atoms with E-state index in [2.05, 4.69) is 46.4 Å². The molecule has 1 heterocycles.